The monoisotopic (exact) mass is 452 g/mol. The van der Waals surface area contributed by atoms with Crippen LogP contribution in [-0.2, 0) is 9.59 Å². The van der Waals surface area contributed by atoms with Gasteiger partial charge in [0.1, 0.15) is 17.1 Å². The van der Waals surface area contributed by atoms with E-state index < -0.39 is 11.8 Å². The van der Waals surface area contributed by atoms with E-state index in [4.69, 9.17) is 23.8 Å². The highest BCUT2D eigenvalue weighted by molar-refractivity contribution is 9.10. The van der Waals surface area contributed by atoms with Crippen molar-refractivity contribution in [2.75, 3.05) is 4.90 Å². The maximum absolute atomic E-state index is 12.8. The topological polar surface area (TPSA) is 89.9 Å². The summed E-state index contributed by atoms with van der Waals surface area (Å²) in [5.41, 5.74) is 0.341. The molecule has 1 aliphatic heterocycles. The Morgan fingerprint density at radius 3 is 2.58 bits per heavy atom. The van der Waals surface area contributed by atoms with Crippen molar-refractivity contribution < 1.29 is 19.8 Å². The van der Waals surface area contributed by atoms with Crippen molar-refractivity contribution in [2.24, 2.45) is 0 Å². The van der Waals surface area contributed by atoms with Crippen molar-refractivity contribution in [1.29, 1.82) is 0 Å². The average Bonchev–Trinajstić information content (AvgIpc) is 2.56. The average molecular weight is 454 g/mol. The molecule has 1 fully saturated rings. The summed E-state index contributed by atoms with van der Waals surface area (Å²) in [6, 6.07) is 8.94. The zero-order valence-corrected chi connectivity index (χ0v) is 16.0. The molecule has 3 N–H and O–H groups in total. The minimum Gasteiger partial charge on any atom is -0.507 e. The van der Waals surface area contributed by atoms with Crippen LogP contribution in [0.3, 0.4) is 0 Å². The smallest absolute Gasteiger partial charge is 0.270 e. The second-order valence-corrected chi connectivity index (χ2v) is 6.98. The summed E-state index contributed by atoms with van der Waals surface area (Å²) in [6.07, 6.45) is 1.22. The molecule has 0 radical (unpaired) electrons. The van der Waals surface area contributed by atoms with E-state index in [-0.39, 0.29) is 27.7 Å². The molecule has 3 rings (SSSR count). The highest BCUT2D eigenvalue weighted by atomic mass is 79.9. The summed E-state index contributed by atoms with van der Waals surface area (Å²) in [4.78, 5) is 26.2. The van der Waals surface area contributed by atoms with Crippen LogP contribution in [0.4, 0.5) is 5.69 Å². The van der Waals surface area contributed by atoms with Gasteiger partial charge < -0.3 is 10.2 Å². The highest BCUT2D eigenvalue weighted by Gasteiger charge is 2.34. The van der Waals surface area contributed by atoms with Gasteiger partial charge in [-0.05, 0) is 58.5 Å². The van der Waals surface area contributed by atoms with E-state index in [1.54, 1.807) is 18.2 Å². The van der Waals surface area contributed by atoms with Gasteiger partial charge >= 0.3 is 0 Å². The number of aromatic hydroxyl groups is 2. The Hall–Kier alpha value is -2.42. The van der Waals surface area contributed by atoms with Crippen molar-refractivity contribution >= 4 is 68.4 Å². The molecule has 1 saturated heterocycles. The number of nitrogens with one attached hydrogen (secondary N) is 1. The number of nitrogens with zero attached hydrogens (tertiary/aromatic N) is 1. The molecule has 1 heterocycles. The fourth-order valence-electron chi connectivity index (χ4n) is 2.34. The van der Waals surface area contributed by atoms with E-state index in [0.29, 0.717) is 15.2 Å². The van der Waals surface area contributed by atoms with Gasteiger partial charge in [0.05, 0.1) is 10.2 Å². The predicted molar refractivity (Wildman–Crippen MR) is 105 cm³/mol. The number of hydrogen-bond acceptors (Lipinski definition) is 5. The van der Waals surface area contributed by atoms with Gasteiger partial charge in [0.2, 0.25) is 0 Å². The molecule has 0 atom stereocenters. The first-order valence-electron chi connectivity index (χ1n) is 7.16. The van der Waals surface area contributed by atoms with Crippen LogP contribution in [0.25, 0.3) is 6.08 Å². The highest BCUT2D eigenvalue weighted by Crippen LogP contribution is 2.33. The van der Waals surface area contributed by atoms with E-state index in [9.17, 15) is 19.8 Å². The Labute approximate surface area is 166 Å². The minimum absolute atomic E-state index is 0.0736. The molecule has 0 aromatic heterocycles. The summed E-state index contributed by atoms with van der Waals surface area (Å²) in [5.74, 6) is -1.82. The second-order valence-electron chi connectivity index (χ2n) is 5.30. The first kappa shape index (κ1) is 18.4. The fraction of sp³-hybridized carbons (Fsp3) is 0. The lowest BCUT2D eigenvalue weighted by Gasteiger charge is -2.29. The summed E-state index contributed by atoms with van der Waals surface area (Å²) in [7, 11) is 0. The second kappa shape index (κ2) is 7.06. The number of phenols is 2. The van der Waals surface area contributed by atoms with Crippen LogP contribution < -0.4 is 10.2 Å². The minimum atomic E-state index is -0.693. The third kappa shape index (κ3) is 3.44. The standard InChI is InChI=1S/C17H10BrClN2O4S/c18-12-5-8(13(22)7-14(12)23)4-11-15(24)20-17(26)21(16(11)25)10-3-1-2-9(19)6-10/h1-7,22-23H,(H,20,24,26). The number of benzene rings is 2. The van der Waals surface area contributed by atoms with Gasteiger partial charge in [-0.1, -0.05) is 17.7 Å². The van der Waals surface area contributed by atoms with Crippen molar-refractivity contribution in [3.63, 3.8) is 0 Å². The largest absolute Gasteiger partial charge is 0.507 e. The molecule has 0 saturated carbocycles. The lowest BCUT2D eigenvalue weighted by molar-refractivity contribution is -0.122. The van der Waals surface area contributed by atoms with Gasteiger partial charge in [-0.3, -0.25) is 19.8 Å². The van der Waals surface area contributed by atoms with Crippen LogP contribution >= 0.6 is 39.7 Å². The van der Waals surface area contributed by atoms with E-state index in [0.717, 1.165) is 11.0 Å². The lowest BCUT2D eigenvalue weighted by atomic mass is 10.1. The normalized spacial score (nSPS) is 16.2. The zero-order chi connectivity index (χ0) is 19.0. The molecule has 132 valence electrons. The van der Waals surface area contributed by atoms with Gasteiger partial charge in [0.25, 0.3) is 11.8 Å². The van der Waals surface area contributed by atoms with Crippen LogP contribution in [0, 0.1) is 0 Å². The number of thiocarbonyl (C=S) groups is 1. The molecular weight excluding hydrogens is 444 g/mol. The van der Waals surface area contributed by atoms with Gasteiger partial charge in [-0.25, -0.2) is 0 Å². The zero-order valence-electron chi connectivity index (χ0n) is 12.9. The van der Waals surface area contributed by atoms with Crippen LogP contribution in [0.5, 0.6) is 11.5 Å². The molecule has 2 amide bonds. The molecular formula is C17H10BrClN2O4S. The molecule has 1 aliphatic rings. The summed E-state index contributed by atoms with van der Waals surface area (Å²) >= 11 is 14.2. The molecule has 2 aromatic rings. The van der Waals surface area contributed by atoms with Crippen LogP contribution in [-0.4, -0.2) is 27.1 Å². The molecule has 0 bridgehead atoms. The Kier molecular flexibility index (Phi) is 4.99. The Morgan fingerprint density at radius 2 is 1.88 bits per heavy atom. The van der Waals surface area contributed by atoms with Crippen LogP contribution in [0.1, 0.15) is 5.56 Å². The summed E-state index contributed by atoms with van der Waals surface area (Å²) in [5, 5.41) is 22.3. The number of anilines is 1. The molecule has 26 heavy (non-hydrogen) atoms. The predicted octanol–water partition coefficient (Wildman–Crippen LogP) is 3.35. The van der Waals surface area contributed by atoms with Crippen molar-refractivity contribution in [3.05, 3.63) is 57.0 Å². The number of phenolic OH excluding ortho intramolecular Hbond substituents is 2. The molecule has 2 aromatic carbocycles. The number of amides is 2. The SMILES string of the molecule is O=C1NC(=S)N(c2cccc(Cl)c2)C(=O)C1=Cc1cc(Br)c(O)cc1O. The van der Waals surface area contributed by atoms with Gasteiger partial charge in [-0.15, -0.1) is 0 Å². The number of rotatable bonds is 2. The fourth-order valence-corrected chi connectivity index (χ4v) is 3.17. The van der Waals surface area contributed by atoms with E-state index >= 15 is 0 Å². The number of hydrogen-bond donors (Lipinski definition) is 3. The lowest BCUT2D eigenvalue weighted by Crippen LogP contribution is -2.54. The molecule has 0 aliphatic carbocycles. The molecule has 0 unspecified atom stereocenters. The number of halogens is 2. The van der Waals surface area contributed by atoms with Gasteiger partial charge in [0.15, 0.2) is 5.11 Å². The molecule has 9 heteroatoms. The Bertz CT molecular complexity index is 993. The van der Waals surface area contributed by atoms with E-state index in [2.05, 4.69) is 21.2 Å². The summed E-state index contributed by atoms with van der Waals surface area (Å²) < 4.78 is 0.299. The maximum Gasteiger partial charge on any atom is 0.270 e. The van der Waals surface area contributed by atoms with Gasteiger partial charge in [-0.2, -0.15) is 0 Å². The van der Waals surface area contributed by atoms with E-state index in [1.165, 1.54) is 18.2 Å². The maximum atomic E-state index is 12.8. The van der Waals surface area contributed by atoms with E-state index in [1.807, 2.05) is 0 Å². The van der Waals surface area contributed by atoms with Crippen molar-refractivity contribution in [2.45, 2.75) is 0 Å². The first-order chi connectivity index (χ1) is 12.3. The van der Waals surface area contributed by atoms with Crippen molar-refractivity contribution in [3.8, 4) is 11.5 Å². The van der Waals surface area contributed by atoms with Crippen molar-refractivity contribution in [1.82, 2.24) is 5.32 Å². The third-order valence-electron chi connectivity index (χ3n) is 3.56. The van der Waals surface area contributed by atoms with Crippen LogP contribution in [0.15, 0.2) is 46.4 Å². The van der Waals surface area contributed by atoms with Gasteiger partial charge in [0, 0.05) is 16.7 Å². The summed E-state index contributed by atoms with van der Waals surface area (Å²) in [6.45, 7) is 0. The Morgan fingerprint density at radius 1 is 1.15 bits per heavy atom. The number of carbonyl (C=O) groups is 2. The van der Waals surface area contributed by atoms with Crippen LogP contribution in [0.2, 0.25) is 5.02 Å². The molecule has 6 nitrogen and oxygen atoms in total. The molecule has 0 spiro atoms. The third-order valence-corrected chi connectivity index (χ3v) is 4.72. The number of carbonyl (C=O) groups excluding carboxylic acids is 2. The first-order valence-corrected chi connectivity index (χ1v) is 8.74. The quantitative estimate of drug-likeness (QED) is 0.369. The Balaban J connectivity index is 2.07.